The molecule has 0 bridgehead atoms. The van der Waals surface area contributed by atoms with Crippen LogP contribution in [0.4, 0.5) is 5.69 Å². The number of piperazine rings is 1. The number of rotatable bonds is 9. The van der Waals surface area contributed by atoms with Crippen LogP contribution in [0.1, 0.15) is 30.3 Å². The van der Waals surface area contributed by atoms with Gasteiger partial charge in [-0.05, 0) is 49.4 Å². The Hall–Kier alpha value is -4.34. The number of methoxy groups -OCH3 is 2. The van der Waals surface area contributed by atoms with Crippen molar-refractivity contribution >= 4 is 23.5 Å². The minimum atomic E-state index is -0.475. The molecule has 3 aromatic rings. The summed E-state index contributed by atoms with van der Waals surface area (Å²) in [7, 11) is 2.93. The van der Waals surface area contributed by atoms with Gasteiger partial charge in [0.1, 0.15) is 5.75 Å². The summed E-state index contributed by atoms with van der Waals surface area (Å²) < 4.78 is 16.8. The van der Waals surface area contributed by atoms with Gasteiger partial charge in [-0.2, -0.15) is 5.10 Å². The second-order valence-corrected chi connectivity index (χ2v) is 8.74. The van der Waals surface area contributed by atoms with Gasteiger partial charge in [0.05, 0.1) is 38.6 Å². The van der Waals surface area contributed by atoms with E-state index in [1.807, 2.05) is 48.5 Å². The van der Waals surface area contributed by atoms with Gasteiger partial charge in [-0.3, -0.25) is 9.59 Å². The summed E-state index contributed by atoms with van der Waals surface area (Å²) >= 11 is 0. The smallest absolute Gasteiger partial charge is 0.358 e. The molecule has 1 aliphatic rings. The lowest BCUT2D eigenvalue weighted by molar-refractivity contribution is -0.143. The molecule has 0 N–H and O–H groups in total. The molecule has 0 radical (unpaired) electrons. The summed E-state index contributed by atoms with van der Waals surface area (Å²) in [5, 5.41) is 4.52. The van der Waals surface area contributed by atoms with Gasteiger partial charge < -0.3 is 24.0 Å². The third-order valence-corrected chi connectivity index (χ3v) is 6.44. The average Bonchev–Trinajstić information content (AvgIpc) is 3.42. The minimum absolute atomic E-state index is 0.0328. The highest BCUT2D eigenvalue weighted by atomic mass is 16.5. The fourth-order valence-electron chi connectivity index (χ4n) is 4.34. The van der Waals surface area contributed by atoms with Crippen LogP contribution in [-0.2, 0) is 19.1 Å². The fraction of sp³-hybridized carbons (Fsp3) is 0.357. The van der Waals surface area contributed by atoms with Gasteiger partial charge in [0.25, 0.3) is 0 Å². The van der Waals surface area contributed by atoms with Crippen molar-refractivity contribution in [2.45, 2.75) is 19.8 Å². The molecule has 0 aliphatic carbocycles. The number of anilines is 1. The van der Waals surface area contributed by atoms with Crippen LogP contribution < -0.4 is 9.64 Å². The van der Waals surface area contributed by atoms with Crippen molar-refractivity contribution in [1.82, 2.24) is 14.7 Å². The van der Waals surface area contributed by atoms with Crippen LogP contribution in [0, 0.1) is 0 Å². The van der Waals surface area contributed by atoms with Crippen LogP contribution in [0.3, 0.4) is 0 Å². The number of nitrogens with zero attached hydrogens (tertiary/aromatic N) is 4. The molecule has 10 heteroatoms. The molecule has 2 heterocycles. The SMILES string of the molecule is CCOC(=O)c1cc(-c2ccc(N3CCN(C(=O)CCC(=O)OC)CC3)cc2)n(-c2ccc(OC)cc2)n1. The van der Waals surface area contributed by atoms with E-state index in [-0.39, 0.29) is 37.0 Å². The zero-order valence-corrected chi connectivity index (χ0v) is 21.9. The molecule has 10 nitrogen and oxygen atoms in total. The normalized spacial score (nSPS) is 13.2. The number of carbonyl (C=O) groups is 3. The molecule has 1 aromatic heterocycles. The van der Waals surface area contributed by atoms with E-state index in [0.29, 0.717) is 26.2 Å². The quantitative estimate of drug-likeness (QED) is 0.396. The lowest BCUT2D eigenvalue weighted by atomic mass is 10.1. The van der Waals surface area contributed by atoms with Crippen LogP contribution in [-0.4, -0.2) is 79.5 Å². The Kier molecular flexibility index (Phi) is 8.62. The highest BCUT2D eigenvalue weighted by Crippen LogP contribution is 2.28. The van der Waals surface area contributed by atoms with Crippen molar-refractivity contribution in [2.24, 2.45) is 0 Å². The minimum Gasteiger partial charge on any atom is -0.497 e. The van der Waals surface area contributed by atoms with Gasteiger partial charge in [-0.15, -0.1) is 0 Å². The van der Waals surface area contributed by atoms with Crippen molar-refractivity contribution in [3.05, 3.63) is 60.3 Å². The Balaban J connectivity index is 1.49. The average molecular weight is 521 g/mol. The van der Waals surface area contributed by atoms with E-state index in [1.54, 1.807) is 29.7 Å². The zero-order chi connectivity index (χ0) is 27.1. The molecule has 38 heavy (non-hydrogen) atoms. The fourth-order valence-corrected chi connectivity index (χ4v) is 4.34. The molecule has 1 saturated heterocycles. The maximum absolute atomic E-state index is 12.4. The third kappa shape index (κ3) is 6.13. The summed E-state index contributed by atoms with van der Waals surface area (Å²) in [6, 6.07) is 17.2. The molecule has 1 amide bonds. The Morgan fingerprint density at radius 1 is 0.868 bits per heavy atom. The van der Waals surface area contributed by atoms with Crippen LogP contribution >= 0.6 is 0 Å². The van der Waals surface area contributed by atoms with Gasteiger partial charge in [0.15, 0.2) is 5.69 Å². The van der Waals surface area contributed by atoms with Crippen LogP contribution in [0.5, 0.6) is 5.75 Å². The van der Waals surface area contributed by atoms with Crippen LogP contribution in [0.2, 0.25) is 0 Å². The van der Waals surface area contributed by atoms with E-state index < -0.39 is 5.97 Å². The zero-order valence-electron chi connectivity index (χ0n) is 21.9. The van der Waals surface area contributed by atoms with Gasteiger partial charge in [0, 0.05) is 43.9 Å². The maximum Gasteiger partial charge on any atom is 0.358 e. The first kappa shape index (κ1) is 26.7. The van der Waals surface area contributed by atoms with Crippen molar-refractivity contribution < 1.29 is 28.6 Å². The Morgan fingerprint density at radius 2 is 1.53 bits per heavy atom. The first-order valence-electron chi connectivity index (χ1n) is 12.5. The number of amides is 1. The second-order valence-electron chi connectivity index (χ2n) is 8.74. The predicted molar refractivity (Wildman–Crippen MR) is 142 cm³/mol. The molecular formula is C28H32N4O6. The number of ether oxygens (including phenoxy) is 3. The van der Waals surface area contributed by atoms with E-state index in [0.717, 1.165) is 28.4 Å². The number of carbonyl (C=O) groups excluding carboxylic acids is 3. The summed E-state index contributed by atoms with van der Waals surface area (Å²) in [5.74, 6) is -0.159. The monoisotopic (exact) mass is 520 g/mol. The lowest BCUT2D eigenvalue weighted by Gasteiger charge is -2.36. The molecule has 200 valence electrons. The molecule has 0 unspecified atom stereocenters. The number of esters is 2. The van der Waals surface area contributed by atoms with E-state index in [9.17, 15) is 14.4 Å². The first-order valence-corrected chi connectivity index (χ1v) is 12.5. The molecule has 0 saturated carbocycles. The van der Waals surface area contributed by atoms with Gasteiger partial charge in [-0.25, -0.2) is 9.48 Å². The summed E-state index contributed by atoms with van der Waals surface area (Å²) in [4.78, 5) is 40.1. The predicted octanol–water partition coefficient (Wildman–Crippen LogP) is 3.33. The Labute approximate surface area is 221 Å². The number of hydrogen-bond donors (Lipinski definition) is 0. The molecule has 0 atom stereocenters. The van der Waals surface area contributed by atoms with Crippen molar-refractivity contribution in [1.29, 1.82) is 0 Å². The van der Waals surface area contributed by atoms with Crippen LogP contribution in [0.15, 0.2) is 54.6 Å². The van der Waals surface area contributed by atoms with Gasteiger partial charge in [-0.1, -0.05) is 12.1 Å². The molecule has 0 spiro atoms. The number of benzene rings is 2. The van der Waals surface area contributed by atoms with Crippen molar-refractivity contribution in [3.63, 3.8) is 0 Å². The van der Waals surface area contributed by atoms with E-state index in [4.69, 9.17) is 9.47 Å². The molecule has 2 aromatic carbocycles. The molecule has 4 rings (SSSR count). The van der Waals surface area contributed by atoms with Crippen molar-refractivity contribution in [2.75, 3.05) is 51.9 Å². The van der Waals surface area contributed by atoms with Crippen LogP contribution in [0.25, 0.3) is 16.9 Å². The van der Waals surface area contributed by atoms with Gasteiger partial charge in [0.2, 0.25) is 5.91 Å². The Morgan fingerprint density at radius 3 is 2.13 bits per heavy atom. The first-order chi connectivity index (χ1) is 18.4. The summed E-state index contributed by atoms with van der Waals surface area (Å²) in [5.41, 5.74) is 3.70. The molecular weight excluding hydrogens is 488 g/mol. The maximum atomic E-state index is 12.4. The third-order valence-electron chi connectivity index (χ3n) is 6.44. The topological polar surface area (TPSA) is 103 Å². The molecule has 1 fully saturated rings. The number of aromatic nitrogens is 2. The highest BCUT2D eigenvalue weighted by molar-refractivity contribution is 5.89. The summed E-state index contributed by atoms with van der Waals surface area (Å²) in [6.45, 7) is 4.60. The van der Waals surface area contributed by atoms with Crippen molar-refractivity contribution in [3.8, 4) is 22.7 Å². The molecule has 1 aliphatic heterocycles. The number of hydrogen-bond acceptors (Lipinski definition) is 8. The van der Waals surface area contributed by atoms with E-state index in [2.05, 4.69) is 14.7 Å². The summed E-state index contributed by atoms with van der Waals surface area (Å²) in [6.07, 6.45) is 0.263. The van der Waals surface area contributed by atoms with Gasteiger partial charge >= 0.3 is 11.9 Å². The second kappa shape index (κ2) is 12.3. The standard InChI is InChI=1S/C28H32N4O6/c1-4-38-28(35)24-19-25(32(29-24)22-9-11-23(36-2)12-10-22)20-5-7-21(8-6-20)30-15-17-31(18-16-30)26(33)13-14-27(34)37-3/h5-12,19H,4,13-18H2,1-3H3. The Bertz CT molecular complexity index is 1260. The highest BCUT2D eigenvalue weighted by Gasteiger charge is 2.22. The van der Waals surface area contributed by atoms with E-state index in [1.165, 1.54) is 7.11 Å². The largest absolute Gasteiger partial charge is 0.497 e. The van der Waals surface area contributed by atoms with E-state index >= 15 is 0 Å². The lowest BCUT2D eigenvalue weighted by Crippen LogP contribution is -2.48.